The van der Waals surface area contributed by atoms with Crippen LogP contribution in [0.3, 0.4) is 0 Å². The van der Waals surface area contributed by atoms with E-state index in [1.807, 2.05) is 12.3 Å². The fraction of sp³-hybridized carbons (Fsp3) is 0.567. The number of piperazine rings is 1. The zero-order valence-electron chi connectivity index (χ0n) is 23.9. The first-order valence-corrected chi connectivity index (χ1v) is 14.5. The van der Waals surface area contributed by atoms with Gasteiger partial charge in [0.1, 0.15) is 12.4 Å². The second-order valence-electron chi connectivity index (χ2n) is 11.8. The van der Waals surface area contributed by atoms with Gasteiger partial charge < -0.3 is 19.4 Å². The Labute approximate surface area is 240 Å². The molecule has 0 N–H and O–H groups in total. The molecule has 3 aliphatic heterocycles. The zero-order chi connectivity index (χ0) is 28.7. The van der Waals surface area contributed by atoms with Crippen LogP contribution in [0.2, 0.25) is 0 Å². The zero-order valence-corrected chi connectivity index (χ0v) is 23.9. The summed E-state index contributed by atoms with van der Waals surface area (Å²) in [6, 6.07) is 6.57. The number of carbonyl (C=O) groups is 1. The molecule has 4 aliphatic rings. The number of hydrogen-bond donors (Lipinski definition) is 0. The molecule has 0 aromatic carbocycles. The minimum atomic E-state index is -1.01. The number of aryl methyl sites for hydroxylation is 1. The number of likely N-dealkylation sites (tertiary alicyclic amines) is 1. The van der Waals surface area contributed by atoms with Crippen LogP contribution in [0.5, 0.6) is 6.01 Å². The number of carbonyl (C=O) groups excluding carboxylic acids is 1. The van der Waals surface area contributed by atoms with Crippen LogP contribution in [0, 0.1) is 11.3 Å². The van der Waals surface area contributed by atoms with Gasteiger partial charge in [0, 0.05) is 56.1 Å². The van der Waals surface area contributed by atoms with Gasteiger partial charge in [0.2, 0.25) is 0 Å². The van der Waals surface area contributed by atoms with Gasteiger partial charge in [0.05, 0.1) is 29.8 Å². The van der Waals surface area contributed by atoms with E-state index in [-0.39, 0.29) is 18.5 Å². The minimum Gasteiger partial charge on any atom is -0.462 e. The van der Waals surface area contributed by atoms with Crippen LogP contribution in [0.1, 0.15) is 48.2 Å². The van der Waals surface area contributed by atoms with E-state index in [4.69, 9.17) is 14.7 Å². The Balaban J connectivity index is 1.35. The molecule has 41 heavy (non-hydrogen) atoms. The van der Waals surface area contributed by atoms with Gasteiger partial charge in [0.15, 0.2) is 5.83 Å². The Hall–Kier alpha value is -3.62. The molecule has 0 radical (unpaired) electrons. The van der Waals surface area contributed by atoms with Gasteiger partial charge in [-0.15, -0.1) is 0 Å². The first-order chi connectivity index (χ1) is 19.8. The third kappa shape index (κ3) is 4.93. The summed E-state index contributed by atoms with van der Waals surface area (Å²) in [7, 11) is 4.27. The third-order valence-corrected chi connectivity index (χ3v) is 9.48. The number of likely N-dealkylation sites (N-methyl/N-ethyl adjacent to an activating group) is 2. The minimum absolute atomic E-state index is 0.0902. The van der Waals surface area contributed by atoms with Gasteiger partial charge >= 0.3 is 6.01 Å². The second-order valence-corrected chi connectivity index (χ2v) is 11.8. The Kier molecular flexibility index (Phi) is 7.38. The van der Waals surface area contributed by atoms with E-state index in [1.54, 1.807) is 0 Å². The molecule has 3 atom stereocenters. The Morgan fingerprint density at radius 1 is 1.24 bits per heavy atom. The first-order valence-electron chi connectivity index (χ1n) is 14.5. The summed E-state index contributed by atoms with van der Waals surface area (Å²) in [6.07, 6.45) is 6.80. The number of aromatic nitrogens is 3. The van der Waals surface area contributed by atoms with Crippen LogP contribution in [0.15, 0.2) is 30.7 Å². The van der Waals surface area contributed by atoms with E-state index in [2.05, 4.69) is 52.5 Å². The molecule has 0 saturated carbocycles. The molecule has 1 unspecified atom stereocenters. The number of ether oxygens (including phenoxy) is 1. The van der Waals surface area contributed by atoms with Crippen molar-refractivity contribution in [3.8, 4) is 12.1 Å². The lowest BCUT2D eigenvalue weighted by Crippen LogP contribution is -2.56. The molecular weight excluding hydrogens is 523 g/mol. The highest BCUT2D eigenvalue weighted by Crippen LogP contribution is 2.47. The summed E-state index contributed by atoms with van der Waals surface area (Å²) < 4.78 is 20.1. The predicted octanol–water partition coefficient (Wildman–Crippen LogP) is 2.59. The normalized spacial score (nSPS) is 26.1. The number of nitriles is 1. The Morgan fingerprint density at radius 3 is 2.85 bits per heavy atom. The number of amides is 1. The van der Waals surface area contributed by atoms with Gasteiger partial charge in [-0.2, -0.15) is 15.2 Å². The van der Waals surface area contributed by atoms with Crippen molar-refractivity contribution in [2.24, 2.45) is 0 Å². The molecule has 6 rings (SSSR count). The summed E-state index contributed by atoms with van der Waals surface area (Å²) in [5, 5.41) is 9.49. The molecule has 2 aromatic rings. The van der Waals surface area contributed by atoms with E-state index in [1.165, 1.54) is 10.5 Å². The highest BCUT2D eigenvalue weighted by atomic mass is 19.1. The number of anilines is 1. The van der Waals surface area contributed by atoms with Crippen molar-refractivity contribution >= 4 is 11.7 Å². The molecule has 1 spiro atoms. The largest absolute Gasteiger partial charge is 0.462 e. The average Bonchev–Trinajstić information content (AvgIpc) is 3.55. The van der Waals surface area contributed by atoms with Crippen LogP contribution in [0.4, 0.5) is 10.2 Å². The van der Waals surface area contributed by atoms with Gasteiger partial charge in [-0.1, -0.05) is 12.6 Å². The standard InChI is InChI=1S/C30H37FN8O2/c1-20(31)28(40)39-15-14-38(17-21(39)9-11-32)27-23-18-37(3)30(10-8-25-24(30)7-4-12-33-25)16-26(23)34-29(35-27)41-19-22-6-5-13-36(22)2/h4,7,12,21-22H,1,5-6,8-10,13-19H2,2-3H3/t21-,22-,30?/m0/s1. The summed E-state index contributed by atoms with van der Waals surface area (Å²) in [4.78, 5) is 35.3. The smallest absolute Gasteiger partial charge is 0.318 e. The number of halogens is 1. The summed E-state index contributed by atoms with van der Waals surface area (Å²) in [6.45, 7) is 6.50. The molecule has 2 saturated heterocycles. The number of fused-ring (bicyclic) bond motifs is 3. The maximum absolute atomic E-state index is 13.8. The van der Waals surface area contributed by atoms with Crippen molar-refractivity contribution in [3.05, 3.63) is 53.3 Å². The molecule has 2 fully saturated rings. The average molecular weight is 561 g/mol. The van der Waals surface area contributed by atoms with Crippen LogP contribution < -0.4 is 9.64 Å². The van der Waals surface area contributed by atoms with Crippen molar-refractivity contribution in [1.82, 2.24) is 29.7 Å². The molecule has 1 amide bonds. The van der Waals surface area contributed by atoms with Crippen LogP contribution in [-0.2, 0) is 29.7 Å². The monoisotopic (exact) mass is 560 g/mol. The molecular formula is C30H37FN8O2. The highest BCUT2D eigenvalue weighted by molar-refractivity contribution is 5.91. The number of rotatable bonds is 6. The molecule has 1 aliphatic carbocycles. The lowest BCUT2D eigenvalue weighted by atomic mass is 9.81. The van der Waals surface area contributed by atoms with Gasteiger partial charge in [-0.05, 0) is 58.0 Å². The first kappa shape index (κ1) is 27.5. The summed E-state index contributed by atoms with van der Waals surface area (Å²) in [5.41, 5.74) is 4.21. The quantitative estimate of drug-likeness (QED) is 0.494. The van der Waals surface area contributed by atoms with Gasteiger partial charge in [0.25, 0.3) is 5.91 Å². The van der Waals surface area contributed by atoms with Gasteiger partial charge in [-0.25, -0.2) is 4.39 Å². The SMILES string of the molecule is C=C(F)C(=O)N1CCN(c2nc(OC[C@@H]3CCCN3C)nc3c2CN(C)C2(CCc4ncccc42)C3)C[C@@H]1CC#N. The predicted molar refractivity (Wildman–Crippen MR) is 151 cm³/mol. The van der Waals surface area contributed by atoms with E-state index in [9.17, 15) is 14.4 Å². The Morgan fingerprint density at radius 2 is 2.10 bits per heavy atom. The van der Waals surface area contributed by atoms with Crippen molar-refractivity contribution in [3.63, 3.8) is 0 Å². The fourth-order valence-corrected chi connectivity index (χ4v) is 7.14. The van der Waals surface area contributed by atoms with Crippen molar-refractivity contribution in [2.75, 3.05) is 51.8 Å². The number of pyridine rings is 1. The molecule has 10 nitrogen and oxygen atoms in total. The fourth-order valence-electron chi connectivity index (χ4n) is 7.14. The lowest BCUT2D eigenvalue weighted by molar-refractivity contribution is -0.131. The van der Waals surface area contributed by atoms with E-state index >= 15 is 0 Å². The topological polar surface area (TPSA) is 102 Å². The van der Waals surface area contributed by atoms with Crippen LogP contribution >= 0.6 is 0 Å². The summed E-state index contributed by atoms with van der Waals surface area (Å²) >= 11 is 0. The number of nitrogens with zero attached hydrogens (tertiary/aromatic N) is 8. The summed E-state index contributed by atoms with van der Waals surface area (Å²) in [5.74, 6) is -0.994. The second kappa shape index (κ2) is 11.0. The molecule has 0 bridgehead atoms. The lowest BCUT2D eigenvalue weighted by Gasteiger charge is -2.46. The van der Waals surface area contributed by atoms with Crippen molar-refractivity contribution < 1.29 is 13.9 Å². The molecule has 2 aromatic heterocycles. The van der Waals surface area contributed by atoms with Gasteiger partial charge in [-0.3, -0.25) is 14.7 Å². The molecule has 216 valence electrons. The van der Waals surface area contributed by atoms with E-state index < -0.39 is 17.8 Å². The third-order valence-electron chi connectivity index (χ3n) is 9.48. The van der Waals surface area contributed by atoms with Crippen molar-refractivity contribution in [1.29, 1.82) is 5.26 Å². The maximum Gasteiger partial charge on any atom is 0.318 e. The van der Waals surface area contributed by atoms with Crippen molar-refractivity contribution in [2.45, 2.75) is 62.7 Å². The molecule has 11 heteroatoms. The van der Waals surface area contributed by atoms with Crippen LogP contribution in [0.25, 0.3) is 0 Å². The molecule has 5 heterocycles. The van der Waals surface area contributed by atoms with Crippen LogP contribution in [-0.4, -0.2) is 94.5 Å². The van der Waals surface area contributed by atoms with E-state index in [0.717, 1.165) is 55.0 Å². The van der Waals surface area contributed by atoms with E-state index in [0.29, 0.717) is 44.7 Å². The number of hydrogen-bond acceptors (Lipinski definition) is 9. The Bertz CT molecular complexity index is 1400. The highest BCUT2D eigenvalue weighted by Gasteiger charge is 2.47. The maximum atomic E-state index is 13.8.